The molecular formula is C58H68N5O10S2+. The first-order valence-corrected chi connectivity index (χ1v) is 28.5. The van der Waals surface area contributed by atoms with Crippen molar-refractivity contribution in [2.24, 2.45) is 0 Å². The third-order valence-electron chi connectivity index (χ3n) is 14.8. The number of hydrogen-bond donors (Lipinski definition) is 5. The van der Waals surface area contributed by atoms with E-state index in [0.29, 0.717) is 58.5 Å². The van der Waals surface area contributed by atoms with E-state index in [9.17, 15) is 40.6 Å². The van der Waals surface area contributed by atoms with Crippen molar-refractivity contribution in [3.8, 4) is 5.75 Å². The summed E-state index contributed by atoms with van der Waals surface area (Å²) in [5, 5.41) is 16.3. The van der Waals surface area contributed by atoms with Gasteiger partial charge >= 0.3 is 5.97 Å². The minimum Gasteiger partial charge on any atom is -0.494 e. The number of carbonyl (C=O) groups is 2. The van der Waals surface area contributed by atoms with Gasteiger partial charge in [0, 0.05) is 66.8 Å². The molecule has 2 aliphatic heterocycles. The molecule has 0 saturated heterocycles. The van der Waals surface area contributed by atoms with Gasteiger partial charge in [0.1, 0.15) is 18.1 Å². The van der Waals surface area contributed by atoms with Crippen LogP contribution in [0.4, 0.5) is 17.2 Å². The smallest absolute Gasteiger partial charge is 0.303 e. The van der Waals surface area contributed by atoms with Gasteiger partial charge in [-0.2, -0.15) is 21.4 Å². The molecule has 5 N–H and O–H groups in total. The average molecular weight is 1060 g/mol. The lowest BCUT2D eigenvalue weighted by Gasteiger charge is -2.27. The lowest BCUT2D eigenvalue weighted by Crippen LogP contribution is -2.28. The van der Waals surface area contributed by atoms with Crippen LogP contribution in [0.2, 0.25) is 0 Å². The fourth-order valence-electron chi connectivity index (χ4n) is 10.9. The molecule has 0 bridgehead atoms. The van der Waals surface area contributed by atoms with Gasteiger partial charge in [-0.05, 0) is 165 Å². The number of unbranched alkanes of at least 4 members (excludes halogenated alkanes) is 2. The maximum Gasteiger partial charge on any atom is 0.303 e. The number of nitrogens with one attached hydrogen (secondary N) is 2. The van der Waals surface area contributed by atoms with E-state index >= 15 is 0 Å². The van der Waals surface area contributed by atoms with Crippen LogP contribution in [0, 0.1) is 6.92 Å². The molecule has 1 unspecified atom stereocenters. The number of aromatic nitrogens is 1. The highest BCUT2D eigenvalue weighted by Gasteiger charge is 2.45. The molecule has 1 aromatic heterocycles. The largest absolute Gasteiger partial charge is 0.494 e. The highest BCUT2D eigenvalue weighted by molar-refractivity contribution is 7.86. The topological polar surface area (TPSA) is 216 Å². The van der Waals surface area contributed by atoms with E-state index in [4.69, 9.17) is 4.74 Å². The molecule has 15 nitrogen and oxygen atoms in total. The number of nitrogens with zero attached hydrogens (tertiary/aromatic N) is 3. The van der Waals surface area contributed by atoms with Gasteiger partial charge in [-0.15, -0.1) is 0 Å². The number of carboxylic acid groups (broad SMARTS) is 1. The molecule has 0 spiro atoms. The van der Waals surface area contributed by atoms with E-state index < -0.39 is 37.0 Å². The van der Waals surface area contributed by atoms with E-state index in [2.05, 4.69) is 43.3 Å². The number of rotatable bonds is 21. The minimum absolute atomic E-state index is 0.00720. The molecule has 0 fully saturated rings. The zero-order valence-electron chi connectivity index (χ0n) is 43.5. The predicted octanol–water partition coefficient (Wildman–Crippen LogP) is 9.98. The number of carboxylic acids is 1. The van der Waals surface area contributed by atoms with Crippen LogP contribution in [-0.2, 0) is 60.0 Å². The zero-order valence-corrected chi connectivity index (χ0v) is 45.2. The molecule has 1 amide bonds. The van der Waals surface area contributed by atoms with Crippen molar-refractivity contribution in [1.29, 1.82) is 0 Å². The minimum atomic E-state index is -4.47. The maximum atomic E-state index is 13.3. The number of hydrogen-bond acceptors (Lipinski definition) is 10. The fourth-order valence-corrected chi connectivity index (χ4v) is 11.9. The third-order valence-corrected chi connectivity index (χ3v) is 16.5. The number of pyridine rings is 1. The van der Waals surface area contributed by atoms with Crippen LogP contribution in [0.25, 0.3) is 0 Å². The molecule has 17 heteroatoms. The van der Waals surface area contributed by atoms with Crippen molar-refractivity contribution in [1.82, 2.24) is 10.3 Å². The lowest BCUT2D eigenvalue weighted by molar-refractivity contribution is -0.433. The summed E-state index contributed by atoms with van der Waals surface area (Å²) >= 11 is 0. The van der Waals surface area contributed by atoms with Crippen LogP contribution in [0.1, 0.15) is 124 Å². The van der Waals surface area contributed by atoms with Crippen LogP contribution in [-0.4, -0.2) is 84.4 Å². The Balaban J connectivity index is 0.896. The zero-order chi connectivity index (χ0) is 53.9. The Kier molecular flexibility index (Phi) is 16.2. The maximum absolute atomic E-state index is 13.3. The van der Waals surface area contributed by atoms with Crippen LogP contribution >= 0.6 is 0 Å². The number of benzene rings is 4. The lowest BCUT2D eigenvalue weighted by atomic mass is 9.81. The van der Waals surface area contributed by atoms with Crippen LogP contribution in [0.3, 0.4) is 0 Å². The summed E-state index contributed by atoms with van der Waals surface area (Å²) in [6, 6.07) is 25.4. The van der Waals surface area contributed by atoms with Gasteiger partial charge in [0.2, 0.25) is 11.6 Å². The second-order valence-corrected chi connectivity index (χ2v) is 23.7. The van der Waals surface area contributed by atoms with E-state index in [1.807, 2.05) is 90.1 Å². The summed E-state index contributed by atoms with van der Waals surface area (Å²) in [7, 11) is -8.87. The number of carbonyl (C=O) groups excluding carboxylic acids is 1. The van der Waals surface area contributed by atoms with Gasteiger partial charge in [-0.1, -0.05) is 50.6 Å². The number of allylic oxidation sites excluding steroid dienone is 4. The first kappa shape index (κ1) is 54.6. The standard InChI is InChI=1S/C58H67N5O10S2/c1-7-62-50-22-19-45(74(67,68)69)35-48(50)57(3,4)52(62)13-11-14-53-58(5,6)49-36-46(75(70,71)72)20-23-51(49)63(53)27-10-8-9-15-55(64)61-37-39-16-21-47-42(30-39)32-41-33-44(18-17-40(41)31-43(47)34-56(65)66)73-28-12-25-59-54-29-38(2)24-26-60-54/h11,13-14,16-24,26,29-30,33,35-36,43H,7-10,12,15,25,27-28,31-32,34,37H2,1-6H3,(H4-,59,60,61,64,65,66,67,68,69,70,71,72)/p+1. The van der Waals surface area contributed by atoms with Crippen molar-refractivity contribution in [3.63, 3.8) is 0 Å². The predicted molar refractivity (Wildman–Crippen MR) is 291 cm³/mol. The first-order valence-electron chi connectivity index (χ1n) is 25.6. The monoisotopic (exact) mass is 1060 g/mol. The number of anilines is 2. The summed E-state index contributed by atoms with van der Waals surface area (Å²) in [5.41, 5.74) is 10.1. The number of aliphatic carboxylic acids is 1. The van der Waals surface area contributed by atoms with Crippen molar-refractivity contribution in [2.75, 3.05) is 36.5 Å². The molecule has 4 aromatic carbocycles. The fraction of sp³-hybridized carbons (Fsp3) is 0.379. The molecule has 3 heterocycles. The van der Waals surface area contributed by atoms with Gasteiger partial charge in [0.15, 0.2) is 5.71 Å². The molecule has 75 heavy (non-hydrogen) atoms. The Labute approximate surface area is 441 Å². The van der Waals surface area contributed by atoms with Crippen molar-refractivity contribution in [2.45, 2.75) is 126 Å². The van der Waals surface area contributed by atoms with Crippen molar-refractivity contribution >= 4 is 55.0 Å². The van der Waals surface area contributed by atoms with Gasteiger partial charge in [0.25, 0.3) is 20.2 Å². The average Bonchev–Trinajstić information content (AvgIpc) is 3.65. The quantitative estimate of drug-likeness (QED) is 0.0263. The Bertz CT molecular complexity index is 3340. The second-order valence-electron chi connectivity index (χ2n) is 20.8. The van der Waals surface area contributed by atoms with Crippen LogP contribution in [0.5, 0.6) is 5.75 Å². The molecule has 396 valence electrons. The Hall–Kier alpha value is -6.66. The Morgan fingerprint density at radius 2 is 1.59 bits per heavy atom. The highest BCUT2D eigenvalue weighted by Crippen LogP contribution is 2.49. The summed E-state index contributed by atoms with van der Waals surface area (Å²) in [5.74, 6) is 0.471. The SMILES string of the molecule is CC[N+]1=C(/C=C/C=C2/N(CCCCCC(=O)NCc3ccc4c(c3)Cc3cc(OCCCNc5cc(C)ccn5)ccc3CC4CC(=O)O)c3ccc(S(=O)(=O)O)cc3C2(C)C)C(C)(C)c2cc(S(=O)(=O)O)ccc21. The van der Waals surface area contributed by atoms with Crippen LogP contribution < -0.4 is 20.3 Å². The summed E-state index contributed by atoms with van der Waals surface area (Å²) < 4.78 is 76.8. The first-order chi connectivity index (χ1) is 35.5. The Morgan fingerprint density at radius 1 is 0.840 bits per heavy atom. The van der Waals surface area contributed by atoms with E-state index in [1.165, 1.54) is 24.3 Å². The number of amides is 1. The molecule has 8 rings (SSSR count). The normalized spacial score (nSPS) is 17.1. The van der Waals surface area contributed by atoms with E-state index in [0.717, 1.165) is 98.1 Å². The molecule has 1 aliphatic carbocycles. The highest BCUT2D eigenvalue weighted by atomic mass is 32.2. The molecule has 1 atom stereocenters. The van der Waals surface area contributed by atoms with Crippen molar-refractivity contribution in [3.05, 3.63) is 160 Å². The van der Waals surface area contributed by atoms with Gasteiger partial charge in [0.05, 0.1) is 28.2 Å². The van der Waals surface area contributed by atoms with Crippen LogP contribution in [0.15, 0.2) is 125 Å². The van der Waals surface area contributed by atoms with E-state index in [1.54, 1.807) is 18.3 Å². The van der Waals surface area contributed by atoms with Gasteiger partial charge in [-0.25, -0.2) is 4.98 Å². The molecule has 3 aliphatic rings. The summed E-state index contributed by atoms with van der Waals surface area (Å²) in [6.45, 7) is 14.8. The number of aryl methyl sites for hydroxylation is 1. The number of fused-ring (bicyclic) bond motifs is 4. The molecule has 0 saturated carbocycles. The molecule has 5 aromatic rings. The van der Waals surface area contributed by atoms with Gasteiger partial charge in [-0.3, -0.25) is 18.7 Å². The second kappa shape index (κ2) is 22.3. The van der Waals surface area contributed by atoms with Gasteiger partial charge < -0.3 is 25.4 Å². The summed E-state index contributed by atoms with van der Waals surface area (Å²) in [6.07, 6.45) is 12.2. The summed E-state index contributed by atoms with van der Waals surface area (Å²) in [4.78, 5) is 31.5. The molecular weight excluding hydrogens is 991 g/mol. The third kappa shape index (κ3) is 12.4. The number of ether oxygens (including phenoxy) is 1. The van der Waals surface area contributed by atoms with Crippen molar-refractivity contribution < 1.29 is 49.9 Å². The molecule has 0 radical (unpaired) electrons. The van der Waals surface area contributed by atoms with E-state index in [-0.39, 0.29) is 28.0 Å². The Morgan fingerprint density at radius 3 is 2.31 bits per heavy atom.